The summed E-state index contributed by atoms with van der Waals surface area (Å²) in [5.41, 5.74) is 1.69. The van der Waals surface area contributed by atoms with Crippen molar-refractivity contribution in [3.8, 4) is 0 Å². The fourth-order valence-corrected chi connectivity index (χ4v) is 1.80. The first kappa shape index (κ1) is 11.8. The van der Waals surface area contributed by atoms with Crippen LogP contribution in [0.2, 0.25) is 0 Å². The van der Waals surface area contributed by atoms with Crippen molar-refractivity contribution in [2.75, 3.05) is 5.32 Å². The number of halogens is 1. The van der Waals surface area contributed by atoms with E-state index in [-0.39, 0.29) is 5.91 Å². The topological polar surface area (TPSA) is 42.0 Å². The van der Waals surface area contributed by atoms with Gasteiger partial charge in [-0.25, -0.2) is 4.98 Å². The summed E-state index contributed by atoms with van der Waals surface area (Å²) in [4.78, 5) is 16.1. The molecule has 0 aliphatic heterocycles. The molecule has 1 heterocycles. The first-order chi connectivity index (χ1) is 8.15. The highest BCUT2D eigenvalue weighted by Gasteiger charge is 2.06. The van der Waals surface area contributed by atoms with Gasteiger partial charge in [0, 0.05) is 5.56 Å². The van der Waals surface area contributed by atoms with Crippen molar-refractivity contribution < 1.29 is 4.79 Å². The third kappa shape index (κ3) is 3.14. The highest BCUT2D eigenvalue weighted by molar-refractivity contribution is 9.10. The van der Waals surface area contributed by atoms with Gasteiger partial charge in [-0.15, -0.1) is 0 Å². The number of aryl methyl sites for hydroxylation is 1. The van der Waals surface area contributed by atoms with Crippen molar-refractivity contribution in [3.63, 3.8) is 0 Å². The van der Waals surface area contributed by atoms with Gasteiger partial charge in [-0.2, -0.15) is 0 Å². The molecule has 2 aromatic rings. The minimum Gasteiger partial charge on any atom is -0.307 e. The summed E-state index contributed by atoms with van der Waals surface area (Å²) in [6.07, 6.45) is 0. The molecule has 3 nitrogen and oxygen atoms in total. The minimum absolute atomic E-state index is 0.153. The lowest BCUT2D eigenvalue weighted by Gasteiger charge is -2.05. The number of carbonyl (C=O) groups excluding carboxylic acids is 1. The second-order valence-electron chi connectivity index (χ2n) is 3.67. The van der Waals surface area contributed by atoms with Gasteiger partial charge in [0.25, 0.3) is 5.91 Å². The monoisotopic (exact) mass is 290 g/mol. The van der Waals surface area contributed by atoms with Crippen molar-refractivity contribution in [2.24, 2.45) is 0 Å². The summed E-state index contributed by atoms with van der Waals surface area (Å²) in [7, 11) is 0. The summed E-state index contributed by atoms with van der Waals surface area (Å²) in [5, 5.41) is 2.75. The molecule has 1 N–H and O–H groups in total. The molecule has 2 rings (SSSR count). The third-order valence-electron chi connectivity index (χ3n) is 2.24. The lowest BCUT2D eigenvalue weighted by molar-refractivity contribution is 0.102. The highest BCUT2D eigenvalue weighted by Crippen LogP contribution is 2.12. The third-order valence-corrected chi connectivity index (χ3v) is 2.68. The molecule has 0 aliphatic carbocycles. The number of nitrogens with zero attached hydrogens (tertiary/aromatic N) is 1. The number of amides is 1. The molecule has 1 aromatic heterocycles. The predicted octanol–water partition coefficient (Wildman–Crippen LogP) is 3.40. The number of hydrogen-bond donors (Lipinski definition) is 1. The van der Waals surface area contributed by atoms with Gasteiger partial charge < -0.3 is 5.32 Å². The van der Waals surface area contributed by atoms with E-state index in [0.717, 1.165) is 5.56 Å². The lowest BCUT2D eigenvalue weighted by atomic mass is 10.1. The molecule has 0 bridgehead atoms. The van der Waals surface area contributed by atoms with Gasteiger partial charge in [0.1, 0.15) is 10.4 Å². The number of rotatable bonds is 2. The Hall–Kier alpha value is -1.68. The number of benzene rings is 1. The standard InChI is InChI=1S/C13H11BrN2O/c1-9-4-2-5-10(8-9)13(17)16-12-7-3-6-11(14)15-12/h2-8H,1H3,(H,15,16,17). The van der Waals surface area contributed by atoms with E-state index < -0.39 is 0 Å². The van der Waals surface area contributed by atoms with Crippen LogP contribution in [0.15, 0.2) is 47.1 Å². The Kier molecular flexibility index (Phi) is 3.54. The maximum Gasteiger partial charge on any atom is 0.256 e. The van der Waals surface area contributed by atoms with Crippen LogP contribution in [0.3, 0.4) is 0 Å². The Balaban J connectivity index is 2.17. The lowest BCUT2D eigenvalue weighted by Crippen LogP contribution is -2.12. The second-order valence-corrected chi connectivity index (χ2v) is 4.48. The van der Waals surface area contributed by atoms with E-state index in [1.54, 1.807) is 12.1 Å². The van der Waals surface area contributed by atoms with E-state index in [2.05, 4.69) is 26.2 Å². The molecule has 86 valence electrons. The van der Waals surface area contributed by atoms with Crippen molar-refractivity contribution in [2.45, 2.75) is 6.92 Å². The van der Waals surface area contributed by atoms with Crippen LogP contribution in [-0.2, 0) is 0 Å². The number of aromatic nitrogens is 1. The van der Waals surface area contributed by atoms with E-state index in [9.17, 15) is 4.79 Å². The van der Waals surface area contributed by atoms with Crippen molar-refractivity contribution >= 4 is 27.7 Å². The Morgan fingerprint density at radius 2 is 2.00 bits per heavy atom. The van der Waals surface area contributed by atoms with Crippen LogP contribution in [0.25, 0.3) is 0 Å². The number of pyridine rings is 1. The van der Waals surface area contributed by atoms with Gasteiger partial charge in [-0.3, -0.25) is 4.79 Å². The molecule has 0 aliphatic rings. The van der Waals surface area contributed by atoms with Crippen LogP contribution in [0.4, 0.5) is 5.82 Å². The molecule has 0 saturated heterocycles. The van der Waals surface area contributed by atoms with E-state index in [1.165, 1.54) is 0 Å². The first-order valence-electron chi connectivity index (χ1n) is 5.16. The first-order valence-corrected chi connectivity index (χ1v) is 5.95. The van der Waals surface area contributed by atoms with Gasteiger partial charge >= 0.3 is 0 Å². The van der Waals surface area contributed by atoms with Crippen molar-refractivity contribution in [3.05, 3.63) is 58.2 Å². The normalized spacial score (nSPS) is 10.0. The quantitative estimate of drug-likeness (QED) is 0.862. The maximum absolute atomic E-state index is 11.9. The van der Waals surface area contributed by atoms with Gasteiger partial charge in [0.05, 0.1) is 0 Å². The smallest absolute Gasteiger partial charge is 0.256 e. The summed E-state index contributed by atoms with van der Waals surface area (Å²) in [6.45, 7) is 1.95. The molecular formula is C13H11BrN2O. The van der Waals surface area contributed by atoms with Crippen molar-refractivity contribution in [1.82, 2.24) is 4.98 Å². The Morgan fingerprint density at radius 1 is 1.24 bits per heavy atom. The molecule has 17 heavy (non-hydrogen) atoms. The Labute approximate surface area is 108 Å². The molecule has 0 spiro atoms. The molecule has 0 radical (unpaired) electrons. The number of nitrogens with one attached hydrogen (secondary N) is 1. The van der Waals surface area contributed by atoms with Gasteiger partial charge in [-0.1, -0.05) is 23.8 Å². The molecule has 0 atom stereocenters. The van der Waals surface area contributed by atoms with E-state index in [0.29, 0.717) is 16.0 Å². The van der Waals surface area contributed by atoms with Crippen LogP contribution >= 0.6 is 15.9 Å². The zero-order chi connectivity index (χ0) is 12.3. The summed E-state index contributed by atoms with van der Waals surface area (Å²) >= 11 is 3.26. The molecule has 0 fully saturated rings. The fourth-order valence-electron chi connectivity index (χ4n) is 1.45. The predicted molar refractivity (Wildman–Crippen MR) is 71.1 cm³/mol. The molecule has 1 aromatic carbocycles. The van der Waals surface area contributed by atoms with Gasteiger partial charge in [0.2, 0.25) is 0 Å². The zero-order valence-corrected chi connectivity index (χ0v) is 10.9. The SMILES string of the molecule is Cc1cccc(C(=O)Nc2cccc(Br)n2)c1. The molecular weight excluding hydrogens is 280 g/mol. The molecule has 4 heteroatoms. The minimum atomic E-state index is -0.153. The summed E-state index contributed by atoms with van der Waals surface area (Å²) in [5.74, 6) is 0.380. The van der Waals surface area contributed by atoms with Crippen LogP contribution in [0.5, 0.6) is 0 Å². The zero-order valence-electron chi connectivity index (χ0n) is 9.27. The average molecular weight is 291 g/mol. The molecule has 0 saturated carbocycles. The molecule has 1 amide bonds. The second kappa shape index (κ2) is 5.10. The van der Waals surface area contributed by atoms with Crippen molar-refractivity contribution in [1.29, 1.82) is 0 Å². The van der Waals surface area contributed by atoms with Gasteiger partial charge in [0.15, 0.2) is 0 Å². The van der Waals surface area contributed by atoms with Crippen LogP contribution in [0.1, 0.15) is 15.9 Å². The Morgan fingerprint density at radius 3 is 2.71 bits per heavy atom. The molecule has 0 unspecified atom stereocenters. The Bertz CT molecular complexity index is 555. The average Bonchev–Trinajstić information content (AvgIpc) is 2.29. The van der Waals surface area contributed by atoms with E-state index in [4.69, 9.17) is 0 Å². The van der Waals surface area contributed by atoms with E-state index >= 15 is 0 Å². The number of carbonyl (C=O) groups is 1. The van der Waals surface area contributed by atoms with Crippen LogP contribution in [0, 0.1) is 6.92 Å². The van der Waals surface area contributed by atoms with Crippen LogP contribution < -0.4 is 5.32 Å². The number of hydrogen-bond acceptors (Lipinski definition) is 2. The number of anilines is 1. The van der Waals surface area contributed by atoms with Gasteiger partial charge in [-0.05, 0) is 47.1 Å². The largest absolute Gasteiger partial charge is 0.307 e. The van der Waals surface area contributed by atoms with E-state index in [1.807, 2.05) is 37.3 Å². The highest BCUT2D eigenvalue weighted by atomic mass is 79.9. The fraction of sp³-hybridized carbons (Fsp3) is 0.0769. The summed E-state index contributed by atoms with van der Waals surface area (Å²) in [6, 6.07) is 12.8. The maximum atomic E-state index is 11.9. The van der Waals surface area contributed by atoms with Crippen LogP contribution in [-0.4, -0.2) is 10.9 Å². The summed E-state index contributed by atoms with van der Waals surface area (Å²) < 4.78 is 0.694.